The number of halogens is 3. The van der Waals surface area contributed by atoms with Crippen LogP contribution in [0.2, 0.25) is 0 Å². The van der Waals surface area contributed by atoms with E-state index in [-0.39, 0.29) is 6.04 Å². The molecule has 1 saturated heterocycles. The number of alkyl halides is 3. The summed E-state index contributed by atoms with van der Waals surface area (Å²) in [6, 6.07) is 17.8. The van der Waals surface area contributed by atoms with Gasteiger partial charge in [-0.3, -0.25) is 9.88 Å². The number of nitrogens with zero attached hydrogens (tertiary/aromatic N) is 3. The Labute approximate surface area is 184 Å². The van der Waals surface area contributed by atoms with Gasteiger partial charge in [0, 0.05) is 24.3 Å². The highest BCUT2D eigenvalue weighted by molar-refractivity contribution is 5.65. The first-order chi connectivity index (χ1) is 15.4. The van der Waals surface area contributed by atoms with Crippen LogP contribution < -0.4 is 0 Å². The molecule has 0 amide bonds. The fourth-order valence-corrected chi connectivity index (χ4v) is 4.30. The van der Waals surface area contributed by atoms with Gasteiger partial charge in [0.15, 0.2) is 0 Å². The second kappa shape index (κ2) is 9.11. The molecule has 2 atom stereocenters. The van der Waals surface area contributed by atoms with E-state index in [4.69, 9.17) is 0 Å². The molecule has 1 aliphatic heterocycles. The van der Waals surface area contributed by atoms with Gasteiger partial charge in [-0.05, 0) is 60.7 Å². The summed E-state index contributed by atoms with van der Waals surface area (Å²) in [6.45, 7) is 0.667. The largest absolute Gasteiger partial charge is 0.416 e. The maximum Gasteiger partial charge on any atom is 0.416 e. The Balaban J connectivity index is 1.80. The second-order valence-corrected chi connectivity index (χ2v) is 7.91. The second-order valence-electron chi connectivity index (χ2n) is 7.91. The zero-order chi connectivity index (χ0) is 22.7. The lowest BCUT2D eigenvalue weighted by molar-refractivity contribution is -0.137. The zero-order valence-corrected chi connectivity index (χ0v) is 17.3. The molecule has 1 N–H and O–H groups in total. The monoisotopic (exact) mass is 437 g/mol. The molecule has 32 heavy (non-hydrogen) atoms. The quantitative estimate of drug-likeness (QED) is 0.586. The lowest BCUT2D eigenvalue weighted by Crippen LogP contribution is -2.35. The molecule has 7 heteroatoms. The molecule has 0 spiro atoms. The summed E-state index contributed by atoms with van der Waals surface area (Å²) in [5.41, 5.74) is 2.29. The maximum atomic E-state index is 13.3. The van der Waals surface area contributed by atoms with Gasteiger partial charge in [0.05, 0.1) is 22.9 Å². The molecule has 4 rings (SSSR count). The molecule has 0 radical (unpaired) electrons. The summed E-state index contributed by atoms with van der Waals surface area (Å²) >= 11 is 0. The number of rotatable bonds is 5. The Bertz CT molecular complexity index is 1140. The molecule has 3 aromatic rings. The van der Waals surface area contributed by atoms with Gasteiger partial charge in [0.25, 0.3) is 0 Å². The van der Waals surface area contributed by atoms with Crippen LogP contribution in [0.5, 0.6) is 0 Å². The van der Waals surface area contributed by atoms with Crippen molar-refractivity contribution in [3.05, 3.63) is 89.1 Å². The third kappa shape index (κ3) is 4.67. The number of aliphatic hydroxyl groups excluding tert-OH is 1. The molecule has 2 aromatic carbocycles. The summed E-state index contributed by atoms with van der Waals surface area (Å²) in [6.07, 6.45) is -1.58. The third-order valence-electron chi connectivity index (χ3n) is 5.81. The van der Waals surface area contributed by atoms with Gasteiger partial charge in [-0.15, -0.1) is 0 Å². The third-order valence-corrected chi connectivity index (χ3v) is 5.81. The molecule has 164 valence electrons. The Morgan fingerprint density at radius 1 is 1.12 bits per heavy atom. The molecular weight excluding hydrogens is 415 g/mol. The van der Waals surface area contributed by atoms with E-state index in [1.165, 1.54) is 6.07 Å². The molecule has 0 bridgehead atoms. The number of pyridine rings is 1. The Morgan fingerprint density at radius 2 is 1.94 bits per heavy atom. The number of hydrogen-bond donors (Lipinski definition) is 1. The molecular formula is C25H22F3N3O. The fourth-order valence-electron chi connectivity index (χ4n) is 4.30. The lowest BCUT2D eigenvalue weighted by Gasteiger charge is -2.32. The van der Waals surface area contributed by atoms with Crippen molar-refractivity contribution in [2.75, 3.05) is 6.54 Å². The average Bonchev–Trinajstić information content (AvgIpc) is 3.22. The highest BCUT2D eigenvalue weighted by atomic mass is 19.4. The first-order valence-corrected chi connectivity index (χ1v) is 10.4. The van der Waals surface area contributed by atoms with Crippen molar-refractivity contribution in [3.8, 4) is 17.3 Å². The number of hydrogen-bond acceptors (Lipinski definition) is 4. The molecule has 2 heterocycles. The maximum absolute atomic E-state index is 13.3. The summed E-state index contributed by atoms with van der Waals surface area (Å²) in [5, 5.41) is 19.9. The van der Waals surface area contributed by atoms with E-state index in [0.717, 1.165) is 29.7 Å². The van der Waals surface area contributed by atoms with Crippen molar-refractivity contribution in [2.24, 2.45) is 0 Å². The van der Waals surface area contributed by atoms with Crippen LogP contribution in [0.1, 0.15) is 41.1 Å². The number of aliphatic hydroxyl groups is 1. The number of nitriles is 1. The van der Waals surface area contributed by atoms with Gasteiger partial charge in [0.2, 0.25) is 0 Å². The van der Waals surface area contributed by atoms with Gasteiger partial charge in [-0.25, -0.2) is 0 Å². The van der Waals surface area contributed by atoms with Crippen molar-refractivity contribution < 1.29 is 18.3 Å². The van der Waals surface area contributed by atoms with E-state index in [2.05, 4.69) is 11.1 Å². The first-order valence-electron chi connectivity index (χ1n) is 10.4. The summed E-state index contributed by atoms with van der Waals surface area (Å²) in [5.74, 6) is 0. The molecule has 4 nitrogen and oxygen atoms in total. The van der Waals surface area contributed by atoms with E-state index in [1.807, 2.05) is 23.1 Å². The zero-order valence-electron chi connectivity index (χ0n) is 17.3. The number of aromatic nitrogens is 1. The van der Waals surface area contributed by atoms with Gasteiger partial charge in [0.1, 0.15) is 6.23 Å². The van der Waals surface area contributed by atoms with Crippen molar-refractivity contribution in [1.29, 1.82) is 5.26 Å². The molecule has 2 unspecified atom stereocenters. The molecule has 0 aliphatic carbocycles. The lowest BCUT2D eigenvalue weighted by atomic mass is 9.92. The minimum atomic E-state index is -4.45. The van der Waals surface area contributed by atoms with Crippen molar-refractivity contribution >= 4 is 0 Å². The van der Waals surface area contributed by atoms with Gasteiger partial charge in [-0.2, -0.15) is 18.4 Å². The van der Waals surface area contributed by atoms with E-state index >= 15 is 0 Å². The van der Waals surface area contributed by atoms with Crippen LogP contribution in [0.15, 0.2) is 66.9 Å². The minimum Gasteiger partial charge on any atom is -0.378 e. The predicted molar refractivity (Wildman–Crippen MR) is 114 cm³/mol. The molecule has 1 aliphatic rings. The highest BCUT2D eigenvalue weighted by Crippen LogP contribution is 2.38. The van der Waals surface area contributed by atoms with Crippen molar-refractivity contribution in [3.63, 3.8) is 0 Å². The van der Waals surface area contributed by atoms with E-state index in [1.54, 1.807) is 30.5 Å². The smallest absolute Gasteiger partial charge is 0.378 e. The minimum absolute atomic E-state index is 0.306. The summed E-state index contributed by atoms with van der Waals surface area (Å²) in [4.78, 5) is 6.40. The summed E-state index contributed by atoms with van der Waals surface area (Å²) < 4.78 is 39.9. The fraction of sp³-hybridized carbons (Fsp3) is 0.280. The van der Waals surface area contributed by atoms with Crippen molar-refractivity contribution in [2.45, 2.75) is 37.7 Å². The Hall–Kier alpha value is -3.21. The Morgan fingerprint density at radius 3 is 2.66 bits per heavy atom. The Kier molecular flexibility index (Phi) is 6.26. The van der Waals surface area contributed by atoms with Crippen molar-refractivity contribution in [1.82, 2.24) is 9.88 Å². The first kappa shape index (κ1) is 22.0. The van der Waals surface area contributed by atoms with Crippen LogP contribution in [0.4, 0.5) is 13.2 Å². The van der Waals surface area contributed by atoms with Gasteiger partial charge in [-0.1, -0.05) is 30.3 Å². The molecule has 1 aromatic heterocycles. The predicted octanol–water partition coefficient (Wildman–Crippen LogP) is 5.34. The number of benzene rings is 2. The number of likely N-dealkylation sites (tertiary alicyclic amines) is 1. The van der Waals surface area contributed by atoms with E-state index < -0.39 is 18.0 Å². The van der Waals surface area contributed by atoms with Crippen LogP contribution in [0.3, 0.4) is 0 Å². The SMILES string of the molecule is N#Cc1cccc(CC(c2cccnc2-c2cccc(C(F)(F)F)c2)N2CCCC2O)c1. The average molecular weight is 437 g/mol. The van der Waals surface area contributed by atoms with Crippen LogP contribution in [-0.2, 0) is 12.6 Å². The van der Waals surface area contributed by atoms with Gasteiger partial charge >= 0.3 is 6.18 Å². The summed E-state index contributed by atoms with van der Waals surface area (Å²) in [7, 11) is 0. The van der Waals surface area contributed by atoms with E-state index in [0.29, 0.717) is 36.2 Å². The van der Waals surface area contributed by atoms with Crippen LogP contribution in [-0.4, -0.2) is 27.8 Å². The van der Waals surface area contributed by atoms with E-state index in [9.17, 15) is 23.5 Å². The topological polar surface area (TPSA) is 60.2 Å². The van der Waals surface area contributed by atoms with Crippen LogP contribution in [0.25, 0.3) is 11.3 Å². The molecule has 0 saturated carbocycles. The highest BCUT2D eigenvalue weighted by Gasteiger charge is 2.33. The standard InChI is InChI=1S/C25H22F3N3O/c26-25(27,28)20-8-2-7-19(15-20)24-21(9-3-11-30-24)22(31-12-4-10-23(31)32)14-17-5-1-6-18(13-17)16-29/h1-3,5-9,11,13,15,22-23,32H,4,10,12,14H2. The van der Waals surface area contributed by atoms with Crippen LogP contribution in [0, 0.1) is 11.3 Å². The molecule has 1 fully saturated rings. The van der Waals surface area contributed by atoms with Gasteiger partial charge < -0.3 is 5.11 Å². The van der Waals surface area contributed by atoms with Crippen LogP contribution >= 0.6 is 0 Å². The normalized spacial score (nSPS) is 17.8.